The number of anilines is 2. The van der Waals surface area contributed by atoms with Gasteiger partial charge < -0.3 is 33.8 Å². The van der Waals surface area contributed by atoms with Crippen LogP contribution in [0.2, 0.25) is 0 Å². The zero-order chi connectivity index (χ0) is 35.9. The van der Waals surface area contributed by atoms with Crippen molar-refractivity contribution in [2.45, 2.75) is 58.7 Å². The lowest BCUT2D eigenvalue weighted by molar-refractivity contribution is 0.0512. The van der Waals surface area contributed by atoms with Crippen molar-refractivity contribution in [2.24, 2.45) is 5.41 Å². The normalized spacial score (nSPS) is 16.5. The van der Waals surface area contributed by atoms with E-state index in [1.54, 1.807) is 26.1 Å². The van der Waals surface area contributed by atoms with E-state index in [0.717, 1.165) is 78.1 Å². The van der Waals surface area contributed by atoms with Gasteiger partial charge >= 0.3 is 6.01 Å². The number of aromatic nitrogens is 4. The fourth-order valence-electron chi connectivity index (χ4n) is 7.58. The quantitative estimate of drug-likeness (QED) is 0.190. The van der Waals surface area contributed by atoms with Crippen molar-refractivity contribution >= 4 is 28.2 Å². The molecule has 3 aliphatic rings. The topological polar surface area (TPSA) is 101 Å². The second kappa shape index (κ2) is 14.3. The number of ether oxygens (including phenoxy) is 3. The number of halogens is 1. The monoisotopic (exact) mass is 700 g/mol. The number of aryl methyl sites for hydroxylation is 2. The molecule has 4 heterocycles. The molecule has 272 valence electrons. The highest BCUT2D eigenvalue weighted by Gasteiger charge is 2.44. The molecule has 0 unspecified atom stereocenters. The molecule has 1 fully saturated rings. The second-order valence-electron chi connectivity index (χ2n) is 14.6. The van der Waals surface area contributed by atoms with Crippen molar-refractivity contribution in [3.05, 3.63) is 64.4 Å². The maximum absolute atomic E-state index is 15.3. The second-order valence-corrected chi connectivity index (χ2v) is 14.6. The van der Waals surface area contributed by atoms with Crippen LogP contribution in [0.3, 0.4) is 0 Å². The van der Waals surface area contributed by atoms with E-state index in [0.29, 0.717) is 62.1 Å². The number of nitrogens with zero attached hydrogens (tertiary/aromatic N) is 8. The van der Waals surface area contributed by atoms with Crippen LogP contribution in [0.1, 0.15) is 59.2 Å². The summed E-state index contributed by atoms with van der Waals surface area (Å²) in [6, 6.07) is 9.57. The van der Waals surface area contributed by atoms with Crippen LogP contribution in [0.5, 0.6) is 11.8 Å². The minimum absolute atomic E-state index is 0.112. The molecule has 1 saturated carbocycles. The molecule has 12 nitrogen and oxygen atoms in total. The summed E-state index contributed by atoms with van der Waals surface area (Å²) in [4.78, 5) is 31.3. The Balaban J connectivity index is 1.27. The summed E-state index contributed by atoms with van der Waals surface area (Å²) in [5.41, 5.74) is 5.10. The van der Waals surface area contributed by atoms with Crippen LogP contribution in [0.4, 0.5) is 15.9 Å². The summed E-state index contributed by atoms with van der Waals surface area (Å²) in [5.74, 6) is 1.20. The Kier molecular flexibility index (Phi) is 9.77. The van der Waals surface area contributed by atoms with Gasteiger partial charge in [-0.25, -0.2) is 4.39 Å². The molecule has 0 saturated heterocycles. The molecule has 0 spiro atoms. The first-order valence-corrected chi connectivity index (χ1v) is 17.9. The van der Waals surface area contributed by atoms with Crippen molar-refractivity contribution in [2.75, 3.05) is 78.1 Å². The number of hydrogen-bond donors (Lipinski definition) is 0. The molecule has 0 atom stereocenters. The van der Waals surface area contributed by atoms with Crippen LogP contribution in [-0.4, -0.2) is 104 Å². The maximum Gasteiger partial charge on any atom is 0.318 e. The highest BCUT2D eigenvalue weighted by atomic mass is 19.1. The van der Waals surface area contributed by atoms with E-state index in [-0.39, 0.29) is 23.9 Å². The molecular formula is C38H49FN8O4. The molecule has 7 rings (SSSR count). The molecule has 2 aliphatic heterocycles. The minimum Gasteiger partial charge on any atom is -0.467 e. The summed E-state index contributed by atoms with van der Waals surface area (Å²) in [6.45, 7) is 6.85. The van der Waals surface area contributed by atoms with Crippen molar-refractivity contribution in [1.82, 2.24) is 29.5 Å². The third-order valence-electron chi connectivity index (χ3n) is 10.2. The molecule has 51 heavy (non-hydrogen) atoms. The first-order chi connectivity index (χ1) is 24.6. The first-order valence-electron chi connectivity index (χ1n) is 17.9. The predicted molar refractivity (Wildman–Crippen MR) is 194 cm³/mol. The number of benzene rings is 2. The number of rotatable bonds is 12. The molecule has 1 amide bonds. The number of methoxy groups -OCH3 is 1. The van der Waals surface area contributed by atoms with Gasteiger partial charge in [0.2, 0.25) is 0 Å². The Morgan fingerprint density at radius 2 is 1.82 bits per heavy atom. The lowest BCUT2D eigenvalue weighted by Crippen LogP contribution is -2.35. The van der Waals surface area contributed by atoms with Crippen molar-refractivity contribution in [1.29, 1.82) is 0 Å². The average Bonchev–Trinajstić information content (AvgIpc) is 3.81. The number of carbonyl (C=O) groups excluding carboxylic acids is 1. The molecule has 2 aromatic heterocycles. The molecule has 13 heteroatoms. The van der Waals surface area contributed by atoms with E-state index in [1.807, 2.05) is 35.9 Å². The fraction of sp³-hybridized carbons (Fsp3) is 0.526. The number of carbonyl (C=O) groups is 1. The lowest BCUT2D eigenvalue weighted by Gasteiger charge is -2.34. The summed E-state index contributed by atoms with van der Waals surface area (Å²) >= 11 is 0. The van der Waals surface area contributed by atoms with E-state index >= 15 is 4.39 Å². The van der Waals surface area contributed by atoms with Gasteiger partial charge in [0.05, 0.1) is 31.1 Å². The van der Waals surface area contributed by atoms with Crippen LogP contribution < -0.4 is 19.3 Å². The van der Waals surface area contributed by atoms with Gasteiger partial charge in [-0.1, -0.05) is 13.0 Å². The first kappa shape index (κ1) is 34.9. The summed E-state index contributed by atoms with van der Waals surface area (Å²) in [5, 5.41) is 6.46. The zero-order valence-electron chi connectivity index (χ0n) is 30.7. The lowest BCUT2D eigenvalue weighted by atomic mass is 9.97. The van der Waals surface area contributed by atoms with E-state index in [9.17, 15) is 4.79 Å². The van der Waals surface area contributed by atoms with Gasteiger partial charge in [-0.2, -0.15) is 15.1 Å². The molecule has 2 aromatic carbocycles. The van der Waals surface area contributed by atoms with Crippen LogP contribution in [-0.2, 0) is 37.2 Å². The minimum atomic E-state index is -0.211. The molecular weight excluding hydrogens is 651 g/mol. The van der Waals surface area contributed by atoms with Crippen molar-refractivity contribution in [3.8, 4) is 11.8 Å². The standard InChI is InChI=1S/C38H49FN8O4/c1-7-28-30(39)10-9-25-17-27(51-24-49-6)19-33(34(25)28)45-16-11-29-32(21-45)40-37(50-23-38(12-13-38)22-43(2)3)41-35(29)46-14-8-15-47-26(20-46)18-31(42-47)36(48)44(4)5/h9-10,17-19H,7-8,11-16,20-24H2,1-6H3. The van der Waals surface area contributed by atoms with Gasteiger partial charge in [0, 0.05) is 75.5 Å². The van der Waals surface area contributed by atoms with E-state index in [2.05, 4.69) is 33.9 Å². The van der Waals surface area contributed by atoms with Gasteiger partial charge in [0.1, 0.15) is 17.4 Å². The Hall–Kier alpha value is -4.49. The number of amides is 1. The predicted octanol–water partition coefficient (Wildman–Crippen LogP) is 4.91. The molecule has 0 radical (unpaired) electrons. The van der Waals surface area contributed by atoms with Crippen molar-refractivity contribution < 1.29 is 23.4 Å². The number of fused-ring (bicyclic) bond motifs is 3. The molecule has 0 bridgehead atoms. The smallest absolute Gasteiger partial charge is 0.318 e. The molecule has 1 aliphatic carbocycles. The third-order valence-corrected chi connectivity index (χ3v) is 10.2. The van der Waals surface area contributed by atoms with Crippen LogP contribution in [0, 0.1) is 11.2 Å². The Labute approximate surface area is 299 Å². The van der Waals surface area contributed by atoms with Gasteiger partial charge in [-0.15, -0.1) is 0 Å². The molecule has 0 N–H and O–H groups in total. The molecule has 4 aromatic rings. The van der Waals surface area contributed by atoms with Gasteiger partial charge in [-0.3, -0.25) is 9.48 Å². The third kappa shape index (κ3) is 7.18. The number of hydrogen-bond acceptors (Lipinski definition) is 10. The van der Waals surface area contributed by atoms with Crippen molar-refractivity contribution in [3.63, 3.8) is 0 Å². The Morgan fingerprint density at radius 3 is 2.55 bits per heavy atom. The summed E-state index contributed by atoms with van der Waals surface area (Å²) in [7, 11) is 9.27. The van der Waals surface area contributed by atoms with Gasteiger partial charge in [0.15, 0.2) is 12.5 Å². The van der Waals surface area contributed by atoms with E-state index in [4.69, 9.17) is 24.2 Å². The van der Waals surface area contributed by atoms with Crippen LogP contribution in [0.25, 0.3) is 10.8 Å². The Morgan fingerprint density at radius 1 is 1.00 bits per heavy atom. The van der Waals surface area contributed by atoms with Gasteiger partial charge in [-0.05, 0) is 75.3 Å². The zero-order valence-corrected chi connectivity index (χ0v) is 30.7. The van der Waals surface area contributed by atoms with Crippen LogP contribution >= 0.6 is 0 Å². The van der Waals surface area contributed by atoms with Gasteiger partial charge in [0.25, 0.3) is 5.91 Å². The average molecular weight is 701 g/mol. The summed E-state index contributed by atoms with van der Waals surface area (Å²) < 4.78 is 34.8. The van der Waals surface area contributed by atoms with E-state index in [1.165, 1.54) is 6.07 Å². The fourth-order valence-corrected chi connectivity index (χ4v) is 7.58. The highest BCUT2D eigenvalue weighted by Crippen LogP contribution is 2.46. The van der Waals surface area contributed by atoms with Crippen LogP contribution in [0.15, 0.2) is 30.3 Å². The maximum atomic E-state index is 15.3. The van der Waals surface area contributed by atoms with E-state index < -0.39 is 0 Å². The Bertz CT molecular complexity index is 1920. The SMILES string of the molecule is CCc1c(F)ccc2cc(OCOC)cc(N3CCc4c(nc(OCC5(CN(C)C)CC5)nc4N4CCCn5nc(C(=O)N(C)C)cc5C4)C3)c12. The highest BCUT2D eigenvalue weighted by molar-refractivity contribution is 5.98. The summed E-state index contributed by atoms with van der Waals surface area (Å²) in [6.07, 6.45) is 4.34. The largest absolute Gasteiger partial charge is 0.467 e.